The summed E-state index contributed by atoms with van der Waals surface area (Å²) in [5.74, 6) is -2.95. The molecule has 0 aromatic rings. The molecule has 3 N–H and O–H groups in total. The molecule has 2 aliphatic carbocycles. The molecule has 0 saturated carbocycles. The Labute approximate surface area is 121 Å². The number of hydrogen-bond donors (Lipinski definition) is 3. The molecule has 1 spiro atoms. The molecule has 3 rings (SSSR count). The number of ether oxygens (including phenoxy) is 1. The lowest BCUT2D eigenvalue weighted by molar-refractivity contribution is -0.212. The van der Waals surface area contributed by atoms with Gasteiger partial charge in [0.2, 0.25) is 0 Å². The van der Waals surface area contributed by atoms with Crippen LogP contribution < -0.4 is 0 Å². The summed E-state index contributed by atoms with van der Waals surface area (Å²) in [5, 5.41) is 29.9. The highest BCUT2D eigenvalue weighted by molar-refractivity contribution is 5.91. The Bertz CT molecular complexity index is 591. The van der Waals surface area contributed by atoms with Gasteiger partial charge in [0.1, 0.15) is 0 Å². The van der Waals surface area contributed by atoms with Crippen LogP contribution in [0.1, 0.15) is 13.8 Å². The van der Waals surface area contributed by atoms with Gasteiger partial charge in [-0.2, -0.15) is 0 Å². The van der Waals surface area contributed by atoms with E-state index in [2.05, 4.69) is 0 Å². The van der Waals surface area contributed by atoms with Gasteiger partial charge in [-0.05, 0) is 18.8 Å². The van der Waals surface area contributed by atoms with Gasteiger partial charge in [-0.3, -0.25) is 0 Å². The van der Waals surface area contributed by atoms with Crippen molar-refractivity contribution in [3.8, 4) is 0 Å². The SMILES string of the molecule is CC1=CC23[C@H](C=C(C(=O)O)[C@@H]2COC(=O)[C@]3(O)CO)[C@@H]1C. The van der Waals surface area contributed by atoms with Gasteiger partial charge in [0.15, 0.2) is 5.60 Å². The fourth-order valence-corrected chi connectivity index (χ4v) is 4.27. The van der Waals surface area contributed by atoms with Crippen molar-refractivity contribution in [1.29, 1.82) is 0 Å². The first-order valence-electron chi connectivity index (χ1n) is 6.94. The van der Waals surface area contributed by atoms with Crippen LogP contribution in [0, 0.1) is 23.2 Å². The average Bonchev–Trinajstić information content (AvgIpc) is 2.89. The maximum absolute atomic E-state index is 12.1. The number of cyclic esters (lactones) is 1. The van der Waals surface area contributed by atoms with Crippen molar-refractivity contribution < 1.29 is 29.6 Å². The zero-order chi connectivity index (χ0) is 15.6. The zero-order valence-corrected chi connectivity index (χ0v) is 11.9. The molecule has 3 aliphatic rings. The second kappa shape index (κ2) is 4.18. The summed E-state index contributed by atoms with van der Waals surface area (Å²) in [5.41, 5.74) is -2.11. The number of carbonyl (C=O) groups excluding carboxylic acids is 1. The molecule has 21 heavy (non-hydrogen) atoms. The second-order valence-corrected chi connectivity index (χ2v) is 6.23. The van der Waals surface area contributed by atoms with Gasteiger partial charge in [-0.15, -0.1) is 0 Å². The Hall–Kier alpha value is -1.66. The van der Waals surface area contributed by atoms with E-state index in [-0.39, 0.29) is 24.0 Å². The van der Waals surface area contributed by atoms with Crippen LogP contribution in [0.15, 0.2) is 23.3 Å². The number of carboxylic acid groups (broad SMARTS) is 1. The number of aliphatic hydroxyl groups excluding tert-OH is 1. The lowest BCUT2D eigenvalue weighted by Crippen LogP contribution is -2.65. The number of rotatable bonds is 2. The highest BCUT2D eigenvalue weighted by atomic mass is 16.6. The molecule has 1 unspecified atom stereocenters. The molecular formula is C15H18O6. The van der Waals surface area contributed by atoms with Crippen LogP contribution >= 0.6 is 0 Å². The normalized spacial score (nSPS) is 44.6. The molecule has 0 aromatic carbocycles. The van der Waals surface area contributed by atoms with Gasteiger partial charge in [0.25, 0.3) is 0 Å². The average molecular weight is 294 g/mol. The monoisotopic (exact) mass is 294 g/mol. The van der Waals surface area contributed by atoms with Gasteiger partial charge in [0.05, 0.1) is 13.2 Å². The molecule has 0 bridgehead atoms. The maximum Gasteiger partial charge on any atom is 0.341 e. The van der Waals surface area contributed by atoms with Crippen LogP contribution in [0.4, 0.5) is 0 Å². The van der Waals surface area contributed by atoms with E-state index in [4.69, 9.17) is 4.74 Å². The minimum absolute atomic E-state index is 0.00618. The molecule has 1 heterocycles. The van der Waals surface area contributed by atoms with Crippen LogP contribution in [0.25, 0.3) is 0 Å². The number of carboxylic acids is 1. The summed E-state index contributed by atoms with van der Waals surface area (Å²) in [4.78, 5) is 23.6. The van der Waals surface area contributed by atoms with Gasteiger partial charge in [0, 0.05) is 16.9 Å². The van der Waals surface area contributed by atoms with E-state index in [1.54, 1.807) is 12.2 Å². The number of aliphatic carboxylic acids is 1. The van der Waals surface area contributed by atoms with Gasteiger partial charge in [-0.1, -0.05) is 24.6 Å². The summed E-state index contributed by atoms with van der Waals surface area (Å²) in [6.07, 6.45) is 3.39. The first-order chi connectivity index (χ1) is 9.79. The molecule has 5 atom stereocenters. The Morgan fingerprint density at radius 2 is 2.19 bits per heavy atom. The Morgan fingerprint density at radius 3 is 2.76 bits per heavy atom. The molecule has 0 radical (unpaired) electrons. The number of allylic oxidation sites excluding steroid dienone is 2. The van der Waals surface area contributed by atoms with Gasteiger partial charge >= 0.3 is 11.9 Å². The third kappa shape index (κ3) is 1.44. The summed E-state index contributed by atoms with van der Waals surface area (Å²) >= 11 is 0. The molecule has 1 saturated heterocycles. The maximum atomic E-state index is 12.1. The molecule has 1 fully saturated rings. The van der Waals surface area contributed by atoms with Gasteiger partial charge in [-0.25, -0.2) is 9.59 Å². The van der Waals surface area contributed by atoms with E-state index in [1.807, 2.05) is 13.8 Å². The number of aliphatic hydroxyl groups is 2. The van der Waals surface area contributed by atoms with E-state index < -0.39 is 35.5 Å². The number of carbonyl (C=O) groups is 2. The van der Waals surface area contributed by atoms with Crippen molar-refractivity contribution in [2.45, 2.75) is 19.4 Å². The Kier molecular flexibility index (Phi) is 2.84. The molecule has 0 aromatic heterocycles. The van der Waals surface area contributed by atoms with Crippen LogP contribution in [0.5, 0.6) is 0 Å². The van der Waals surface area contributed by atoms with Crippen molar-refractivity contribution >= 4 is 11.9 Å². The van der Waals surface area contributed by atoms with Crippen LogP contribution in [-0.4, -0.2) is 46.1 Å². The van der Waals surface area contributed by atoms with Crippen molar-refractivity contribution in [3.05, 3.63) is 23.3 Å². The van der Waals surface area contributed by atoms with Crippen LogP contribution in [0.3, 0.4) is 0 Å². The lowest BCUT2D eigenvalue weighted by Gasteiger charge is -2.49. The molecule has 114 valence electrons. The molecular weight excluding hydrogens is 276 g/mol. The summed E-state index contributed by atoms with van der Waals surface area (Å²) in [7, 11) is 0. The van der Waals surface area contributed by atoms with E-state index in [1.165, 1.54) is 0 Å². The predicted octanol–water partition coefficient (Wildman–Crippen LogP) is 0.106. The Morgan fingerprint density at radius 1 is 1.52 bits per heavy atom. The highest BCUT2D eigenvalue weighted by Crippen LogP contribution is 2.63. The number of hydrogen-bond acceptors (Lipinski definition) is 5. The molecule has 6 nitrogen and oxygen atoms in total. The fraction of sp³-hybridized carbons (Fsp3) is 0.600. The van der Waals surface area contributed by atoms with E-state index in [9.17, 15) is 24.9 Å². The van der Waals surface area contributed by atoms with E-state index >= 15 is 0 Å². The van der Waals surface area contributed by atoms with Crippen molar-refractivity contribution in [3.63, 3.8) is 0 Å². The first-order valence-corrected chi connectivity index (χ1v) is 6.94. The third-order valence-corrected chi connectivity index (χ3v) is 5.50. The van der Waals surface area contributed by atoms with E-state index in [0.29, 0.717) is 0 Å². The summed E-state index contributed by atoms with van der Waals surface area (Å²) in [6, 6.07) is 0. The minimum Gasteiger partial charge on any atom is -0.478 e. The summed E-state index contributed by atoms with van der Waals surface area (Å²) < 4.78 is 4.97. The van der Waals surface area contributed by atoms with Crippen molar-refractivity contribution in [2.24, 2.45) is 23.2 Å². The second-order valence-electron chi connectivity index (χ2n) is 6.23. The summed E-state index contributed by atoms with van der Waals surface area (Å²) in [6.45, 7) is 2.94. The topological polar surface area (TPSA) is 104 Å². The largest absolute Gasteiger partial charge is 0.478 e. The molecule has 0 amide bonds. The van der Waals surface area contributed by atoms with E-state index in [0.717, 1.165) is 5.57 Å². The highest BCUT2D eigenvalue weighted by Gasteiger charge is 2.71. The zero-order valence-electron chi connectivity index (χ0n) is 11.9. The van der Waals surface area contributed by atoms with Crippen molar-refractivity contribution in [2.75, 3.05) is 13.2 Å². The fourth-order valence-electron chi connectivity index (χ4n) is 4.27. The molecule has 6 heteroatoms. The van der Waals surface area contributed by atoms with Crippen LogP contribution in [0.2, 0.25) is 0 Å². The minimum atomic E-state index is -2.11. The quantitative estimate of drug-likeness (QED) is 0.493. The molecule has 1 aliphatic heterocycles. The standard InChI is InChI=1S/C15H18O6/c1-7-4-14-10(8(7)2)3-9(12(17)18)11(14)5-21-13(19)15(14,20)6-16/h3-4,8,10-11,16,20H,5-6H2,1-2H3,(H,17,18)/t8-,10-,11+,14?,15-/m1/s1. The van der Waals surface area contributed by atoms with Crippen LogP contribution in [-0.2, 0) is 14.3 Å². The van der Waals surface area contributed by atoms with Crippen molar-refractivity contribution in [1.82, 2.24) is 0 Å². The van der Waals surface area contributed by atoms with Gasteiger partial charge < -0.3 is 20.1 Å². The predicted molar refractivity (Wildman–Crippen MR) is 71.0 cm³/mol. The first kappa shape index (κ1) is 14.3. The lowest BCUT2D eigenvalue weighted by atomic mass is 9.59. The number of esters is 1. The Balaban J connectivity index is 2.23. The smallest absolute Gasteiger partial charge is 0.341 e. The third-order valence-electron chi connectivity index (χ3n) is 5.50.